The minimum atomic E-state index is -1.12. The molecule has 1 saturated heterocycles. The van der Waals surface area contributed by atoms with Crippen molar-refractivity contribution in [1.29, 1.82) is 0 Å². The van der Waals surface area contributed by atoms with E-state index in [4.69, 9.17) is 4.74 Å². The molecule has 1 aromatic carbocycles. The second-order valence-corrected chi connectivity index (χ2v) is 9.90. The van der Waals surface area contributed by atoms with Crippen molar-refractivity contribution < 1.29 is 20.1 Å². The molecule has 2 fully saturated rings. The number of aliphatic hydroxyl groups excluding tert-OH is 3. The first-order chi connectivity index (χ1) is 15.9. The maximum atomic E-state index is 10.8. The largest absolute Gasteiger partial charge is 0.391 e. The van der Waals surface area contributed by atoms with Gasteiger partial charge in [0.05, 0.1) is 24.6 Å². The van der Waals surface area contributed by atoms with Crippen molar-refractivity contribution in [2.24, 2.45) is 0 Å². The lowest BCUT2D eigenvalue weighted by molar-refractivity contribution is -0.0289. The second kappa shape index (κ2) is 9.19. The Morgan fingerprint density at radius 3 is 2.61 bits per heavy atom. The van der Waals surface area contributed by atoms with Crippen LogP contribution in [-0.2, 0) is 4.74 Å². The topological polar surface area (TPSA) is 126 Å². The predicted molar refractivity (Wildman–Crippen MR) is 125 cm³/mol. The molecule has 0 bridgehead atoms. The normalized spacial score (nSPS) is 29.7. The van der Waals surface area contributed by atoms with Crippen molar-refractivity contribution in [2.75, 3.05) is 11.1 Å². The van der Waals surface area contributed by atoms with Gasteiger partial charge in [-0.1, -0.05) is 18.2 Å². The summed E-state index contributed by atoms with van der Waals surface area (Å²) in [4.78, 5) is 14.3. The summed E-state index contributed by atoms with van der Waals surface area (Å²) in [5, 5.41) is 34.9. The fourth-order valence-electron chi connectivity index (χ4n) is 4.72. The Kier molecular flexibility index (Phi) is 6.28. The van der Waals surface area contributed by atoms with Crippen molar-refractivity contribution in [2.45, 2.75) is 74.7 Å². The van der Waals surface area contributed by atoms with Crippen molar-refractivity contribution in [3.05, 3.63) is 42.0 Å². The highest BCUT2D eigenvalue weighted by Gasteiger charge is 2.44. The Morgan fingerprint density at radius 1 is 1.09 bits per heavy atom. The van der Waals surface area contributed by atoms with Gasteiger partial charge in [-0.2, -0.15) is 0 Å². The summed E-state index contributed by atoms with van der Waals surface area (Å²) in [6, 6.07) is 6.08. The van der Waals surface area contributed by atoms with Gasteiger partial charge in [-0.05, 0) is 44.2 Å². The molecule has 2 aliphatic rings. The molecule has 3 aromatic rings. The molecule has 6 atom stereocenters. The van der Waals surface area contributed by atoms with E-state index in [1.165, 1.54) is 17.5 Å². The zero-order chi connectivity index (χ0) is 23.1. The maximum absolute atomic E-state index is 10.8. The summed E-state index contributed by atoms with van der Waals surface area (Å²) in [7, 11) is 0. The molecule has 1 saturated carbocycles. The predicted octanol–water partition coefficient (Wildman–Crippen LogP) is 2.18. The minimum Gasteiger partial charge on any atom is -0.391 e. The smallest absolute Gasteiger partial charge is 0.167 e. The first kappa shape index (κ1) is 22.5. The highest BCUT2D eigenvalue weighted by atomic mass is 32.2. The molecule has 0 unspecified atom stereocenters. The number of rotatable bonds is 6. The molecule has 1 aliphatic carbocycles. The van der Waals surface area contributed by atoms with Gasteiger partial charge in [0, 0.05) is 10.6 Å². The monoisotopic (exact) mass is 471 g/mol. The van der Waals surface area contributed by atoms with E-state index in [1.54, 1.807) is 22.7 Å². The third kappa shape index (κ3) is 4.22. The number of imidazole rings is 1. The van der Waals surface area contributed by atoms with Gasteiger partial charge < -0.3 is 25.4 Å². The second-order valence-electron chi connectivity index (χ2n) is 8.87. The molecule has 10 heteroatoms. The summed E-state index contributed by atoms with van der Waals surface area (Å²) in [5.41, 5.74) is 3.39. The Labute approximate surface area is 196 Å². The molecule has 176 valence electrons. The van der Waals surface area contributed by atoms with Crippen LogP contribution >= 0.6 is 11.8 Å². The van der Waals surface area contributed by atoms with E-state index in [1.807, 2.05) is 6.07 Å². The number of ether oxygens (including phenoxy) is 1. The first-order valence-corrected chi connectivity index (χ1v) is 12.3. The van der Waals surface area contributed by atoms with Gasteiger partial charge in [0.25, 0.3) is 0 Å². The molecule has 2 aromatic heterocycles. The quantitative estimate of drug-likeness (QED) is 0.400. The lowest BCUT2D eigenvalue weighted by Crippen LogP contribution is -2.32. The molecule has 0 amide bonds. The van der Waals surface area contributed by atoms with Crippen molar-refractivity contribution in [3.63, 3.8) is 0 Å². The summed E-state index contributed by atoms with van der Waals surface area (Å²) in [6.07, 6.45) is 1.66. The third-order valence-electron chi connectivity index (χ3n) is 6.57. The number of aryl methyl sites for hydroxylation is 2. The summed E-state index contributed by atoms with van der Waals surface area (Å²) >= 11 is 1.62. The molecule has 33 heavy (non-hydrogen) atoms. The first-order valence-electron chi connectivity index (χ1n) is 11.3. The third-order valence-corrected chi connectivity index (χ3v) is 8.00. The lowest BCUT2D eigenvalue weighted by atomic mass is 10.1. The molecule has 4 N–H and O–H groups in total. The zero-order valence-electron chi connectivity index (χ0n) is 18.6. The number of hydrogen-bond donors (Lipinski definition) is 4. The van der Waals surface area contributed by atoms with Crippen LogP contribution in [0.1, 0.15) is 36.6 Å². The number of anilines is 1. The SMILES string of the molecule is Cc1cccc(C)c1SC[C@H]1O[C@H](n2cnc3c(N[C@@H]4CCC[C@H]4O)ncnc32)[C@H](O)[C@@H]1O. The Balaban J connectivity index is 1.35. The number of thioether (sulfide) groups is 1. The van der Waals surface area contributed by atoms with E-state index in [0.717, 1.165) is 24.2 Å². The standard InChI is InChI=1S/C23H29N5O4S/c1-12-5-3-6-13(2)20(12)33-9-16-18(30)19(31)23(32-16)28-11-26-17-21(24-10-25-22(17)28)27-14-7-4-8-15(14)29/h3,5-6,10-11,14-16,18-19,23,29-31H,4,7-9H2,1-2H3,(H,24,25,27)/t14-,15-,16-,18-,19-,23+/m1/s1. The van der Waals surface area contributed by atoms with Crippen molar-refractivity contribution >= 4 is 28.7 Å². The van der Waals surface area contributed by atoms with Crippen LogP contribution in [0.3, 0.4) is 0 Å². The van der Waals surface area contributed by atoms with E-state index in [0.29, 0.717) is 22.7 Å². The number of fused-ring (bicyclic) bond motifs is 1. The number of aromatic nitrogens is 4. The van der Waals surface area contributed by atoms with Crippen LogP contribution < -0.4 is 5.32 Å². The number of aliphatic hydroxyl groups is 3. The zero-order valence-corrected chi connectivity index (χ0v) is 19.4. The van der Waals surface area contributed by atoms with E-state index in [9.17, 15) is 15.3 Å². The average molecular weight is 472 g/mol. The summed E-state index contributed by atoms with van der Waals surface area (Å²) in [6.45, 7) is 4.12. The average Bonchev–Trinajstić information content (AvgIpc) is 3.48. The minimum absolute atomic E-state index is 0.0744. The van der Waals surface area contributed by atoms with Crippen LogP contribution in [0.4, 0.5) is 5.82 Å². The maximum Gasteiger partial charge on any atom is 0.167 e. The molecule has 1 aliphatic heterocycles. The molecule has 0 spiro atoms. The van der Waals surface area contributed by atoms with Gasteiger partial charge in [-0.3, -0.25) is 4.57 Å². The molecular weight excluding hydrogens is 442 g/mol. The molecule has 3 heterocycles. The Morgan fingerprint density at radius 2 is 1.88 bits per heavy atom. The number of hydrogen-bond acceptors (Lipinski definition) is 9. The van der Waals surface area contributed by atoms with Crippen LogP contribution in [0, 0.1) is 13.8 Å². The van der Waals surface area contributed by atoms with Crippen LogP contribution in [0.25, 0.3) is 11.2 Å². The van der Waals surface area contributed by atoms with Crippen LogP contribution in [0.2, 0.25) is 0 Å². The van der Waals surface area contributed by atoms with Crippen LogP contribution in [0.15, 0.2) is 35.7 Å². The highest BCUT2D eigenvalue weighted by Crippen LogP contribution is 2.36. The van der Waals surface area contributed by atoms with Gasteiger partial charge in [-0.25, -0.2) is 15.0 Å². The molecular formula is C23H29N5O4S. The number of benzene rings is 1. The van der Waals surface area contributed by atoms with Gasteiger partial charge in [0.1, 0.15) is 18.5 Å². The fraction of sp³-hybridized carbons (Fsp3) is 0.522. The molecule has 0 radical (unpaired) electrons. The van der Waals surface area contributed by atoms with Crippen LogP contribution in [0.5, 0.6) is 0 Å². The van der Waals surface area contributed by atoms with E-state index >= 15 is 0 Å². The molecule has 9 nitrogen and oxygen atoms in total. The van der Waals surface area contributed by atoms with Gasteiger partial charge in [0.2, 0.25) is 0 Å². The van der Waals surface area contributed by atoms with Gasteiger partial charge in [0.15, 0.2) is 23.2 Å². The fourth-order valence-corrected chi connectivity index (χ4v) is 5.92. The van der Waals surface area contributed by atoms with Crippen molar-refractivity contribution in [1.82, 2.24) is 19.5 Å². The lowest BCUT2D eigenvalue weighted by Gasteiger charge is -2.18. The summed E-state index contributed by atoms with van der Waals surface area (Å²) < 4.78 is 7.76. The summed E-state index contributed by atoms with van der Waals surface area (Å²) in [5.74, 6) is 1.05. The number of nitrogens with one attached hydrogen (secondary N) is 1. The number of nitrogens with zero attached hydrogens (tertiary/aromatic N) is 4. The van der Waals surface area contributed by atoms with E-state index in [2.05, 4.69) is 46.2 Å². The highest BCUT2D eigenvalue weighted by molar-refractivity contribution is 7.99. The Hall–Kier alpha value is -2.24. The van der Waals surface area contributed by atoms with E-state index < -0.39 is 30.6 Å². The van der Waals surface area contributed by atoms with E-state index in [-0.39, 0.29) is 6.04 Å². The molecule has 5 rings (SSSR count). The van der Waals surface area contributed by atoms with Gasteiger partial charge >= 0.3 is 0 Å². The van der Waals surface area contributed by atoms with Crippen LogP contribution in [-0.4, -0.2) is 71.0 Å². The van der Waals surface area contributed by atoms with Crippen molar-refractivity contribution in [3.8, 4) is 0 Å². The Bertz CT molecular complexity index is 1120. The van der Waals surface area contributed by atoms with Gasteiger partial charge in [-0.15, -0.1) is 11.8 Å².